The van der Waals surface area contributed by atoms with Gasteiger partial charge >= 0.3 is 0 Å². The number of hydrogen-bond donors (Lipinski definition) is 1. The highest BCUT2D eigenvalue weighted by Gasteiger charge is 2.16. The zero-order chi connectivity index (χ0) is 30.6. The Hall–Kier alpha value is -6.26. The Labute approximate surface area is 265 Å². The zero-order valence-corrected chi connectivity index (χ0v) is 24.8. The molecule has 0 spiro atoms. The maximum Gasteiger partial charge on any atom is 0.130 e. The van der Waals surface area contributed by atoms with E-state index in [1.54, 1.807) is 6.07 Å². The van der Waals surface area contributed by atoms with Gasteiger partial charge in [-0.15, -0.1) is 0 Å². The summed E-state index contributed by atoms with van der Waals surface area (Å²) in [6.07, 6.45) is 0. The van der Waals surface area contributed by atoms with Crippen LogP contribution in [0.2, 0.25) is 0 Å². The van der Waals surface area contributed by atoms with Gasteiger partial charge in [0.05, 0.1) is 27.8 Å². The molecule has 0 fully saturated rings. The molecule has 9 aromatic rings. The maximum atomic E-state index is 10.9. The van der Waals surface area contributed by atoms with Gasteiger partial charge in [0, 0.05) is 44.9 Å². The average molecular weight is 593 g/mol. The lowest BCUT2D eigenvalue weighted by Crippen LogP contribution is -1.97. The van der Waals surface area contributed by atoms with E-state index >= 15 is 0 Å². The van der Waals surface area contributed by atoms with E-state index in [0.717, 1.165) is 50.3 Å². The normalized spacial score (nSPS) is 11.6. The molecule has 0 aliphatic heterocycles. The smallest absolute Gasteiger partial charge is 0.130 e. The maximum absolute atomic E-state index is 10.9. The summed E-state index contributed by atoms with van der Waals surface area (Å²) in [4.78, 5) is 0. The van der Waals surface area contributed by atoms with Gasteiger partial charge in [-0.25, -0.2) is 0 Å². The Morgan fingerprint density at radius 3 is 1.43 bits per heavy atom. The fourth-order valence-corrected chi connectivity index (χ4v) is 6.87. The molecule has 2 heterocycles. The summed E-state index contributed by atoms with van der Waals surface area (Å²) in [6.45, 7) is 0. The van der Waals surface area contributed by atoms with E-state index in [1.807, 2.05) is 36.4 Å². The quantitative estimate of drug-likeness (QED) is 0.216. The fourth-order valence-electron chi connectivity index (χ4n) is 6.87. The first-order valence-electron chi connectivity index (χ1n) is 15.4. The largest absolute Gasteiger partial charge is 0.507 e. The predicted octanol–water partition coefficient (Wildman–Crippen LogP) is 11.0. The number of phenols is 1. The highest BCUT2D eigenvalue weighted by Crippen LogP contribution is 2.39. The molecular weight excluding hydrogens is 564 g/mol. The minimum atomic E-state index is 0.223. The minimum Gasteiger partial charge on any atom is -0.507 e. The highest BCUT2D eigenvalue weighted by atomic mass is 16.5. The number of hydrogen-bond acceptors (Lipinski definition) is 2. The van der Waals surface area contributed by atoms with Crippen LogP contribution >= 0.6 is 0 Å². The predicted molar refractivity (Wildman–Crippen MR) is 189 cm³/mol. The summed E-state index contributed by atoms with van der Waals surface area (Å²) in [5.74, 6) is 1.63. The Kier molecular flexibility index (Phi) is 5.93. The molecule has 7 aromatic carbocycles. The van der Waals surface area contributed by atoms with E-state index in [2.05, 4.69) is 130 Å². The summed E-state index contributed by atoms with van der Waals surface area (Å²) >= 11 is 0. The molecule has 0 aliphatic rings. The lowest BCUT2D eigenvalue weighted by atomic mass is 10.0. The van der Waals surface area contributed by atoms with Gasteiger partial charge in [-0.05, 0) is 60.2 Å². The van der Waals surface area contributed by atoms with Crippen LogP contribution in [0.1, 0.15) is 0 Å². The molecule has 2 aromatic heterocycles. The van der Waals surface area contributed by atoms with Crippen molar-refractivity contribution in [1.82, 2.24) is 9.13 Å². The van der Waals surface area contributed by atoms with E-state index in [-0.39, 0.29) is 5.75 Å². The first-order valence-corrected chi connectivity index (χ1v) is 15.4. The van der Waals surface area contributed by atoms with Crippen molar-refractivity contribution in [3.63, 3.8) is 0 Å². The number of ether oxygens (including phenoxy) is 1. The van der Waals surface area contributed by atoms with E-state index in [0.29, 0.717) is 5.75 Å². The third-order valence-corrected chi connectivity index (χ3v) is 8.84. The number of rotatable bonds is 5. The third-order valence-electron chi connectivity index (χ3n) is 8.84. The second kappa shape index (κ2) is 10.4. The molecule has 0 unspecified atom stereocenters. The van der Waals surface area contributed by atoms with Crippen LogP contribution in [0.4, 0.5) is 0 Å². The monoisotopic (exact) mass is 592 g/mol. The van der Waals surface area contributed by atoms with Crippen molar-refractivity contribution in [2.45, 2.75) is 0 Å². The molecule has 4 heteroatoms. The lowest BCUT2D eigenvalue weighted by molar-refractivity contribution is 0.476. The summed E-state index contributed by atoms with van der Waals surface area (Å²) in [7, 11) is 0. The lowest BCUT2D eigenvalue weighted by Gasteiger charge is -2.15. The van der Waals surface area contributed by atoms with Crippen molar-refractivity contribution in [3.05, 3.63) is 164 Å². The molecular formula is C42H28N2O2. The molecule has 0 saturated heterocycles. The number of benzene rings is 7. The van der Waals surface area contributed by atoms with Crippen molar-refractivity contribution < 1.29 is 9.84 Å². The van der Waals surface area contributed by atoms with Crippen LogP contribution in [0.3, 0.4) is 0 Å². The topological polar surface area (TPSA) is 39.3 Å². The summed E-state index contributed by atoms with van der Waals surface area (Å²) < 4.78 is 11.3. The molecule has 46 heavy (non-hydrogen) atoms. The molecule has 218 valence electrons. The Morgan fingerprint density at radius 1 is 0.391 bits per heavy atom. The van der Waals surface area contributed by atoms with E-state index in [1.165, 1.54) is 21.5 Å². The number of para-hydroxylation sites is 5. The molecule has 0 amide bonds. The Balaban J connectivity index is 1.22. The summed E-state index contributed by atoms with van der Waals surface area (Å²) in [5.41, 5.74) is 8.10. The molecule has 9 rings (SSSR count). The molecule has 4 nitrogen and oxygen atoms in total. The summed E-state index contributed by atoms with van der Waals surface area (Å²) in [6, 6.07) is 55.8. The first kappa shape index (κ1) is 26.2. The fraction of sp³-hybridized carbons (Fsp3) is 0. The van der Waals surface area contributed by atoms with Crippen LogP contribution in [0, 0.1) is 0 Å². The number of aromatic nitrogens is 2. The summed E-state index contributed by atoms with van der Waals surface area (Å²) in [5, 5.41) is 15.7. The second-order valence-corrected chi connectivity index (χ2v) is 11.6. The SMILES string of the molecule is Oc1ccccc1-c1cc(Oc2cccc(-n3c4ccccc4c4ccccc43)c2)cc(-n2c3ccccc3c3ccccc32)c1. The van der Waals surface area contributed by atoms with Crippen molar-refractivity contribution in [2.75, 3.05) is 0 Å². The standard InChI is InChI=1S/C42H28N2O2/c45-42-23-10-5-14-33(42)28-24-30(44-40-21-8-3-17-36(40)37-18-4-9-22-41(37)44)27-32(25-28)46-31-13-11-12-29(26-31)43-38-19-6-1-15-34(38)35-16-2-7-20-39(35)43/h1-27,45H. The van der Waals surface area contributed by atoms with Gasteiger partial charge in [0.1, 0.15) is 17.2 Å². The van der Waals surface area contributed by atoms with Crippen LogP contribution in [-0.4, -0.2) is 14.2 Å². The number of fused-ring (bicyclic) bond motifs is 6. The molecule has 0 bridgehead atoms. The van der Waals surface area contributed by atoms with Gasteiger partial charge in [0.15, 0.2) is 0 Å². The van der Waals surface area contributed by atoms with Gasteiger partial charge in [-0.3, -0.25) is 0 Å². The number of phenolic OH excluding ortho intramolecular Hbond substituents is 1. The van der Waals surface area contributed by atoms with Crippen LogP contribution in [0.25, 0.3) is 66.1 Å². The Morgan fingerprint density at radius 2 is 0.870 bits per heavy atom. The zero-order valence-electron chi connectivity index (χ0n) is 24.8. The molecule has 0 aliphatic carbocycles. The van der Waals surface area contributed by atoms with Gasteiger partial charge in [-0.1, -0.05) is 97.1 Å². The van der Waals surface area contributed by atoms with Gasteiger partial charge in [0.2, 0.25) is 0 Å². The van der Waals surface area contributed by atoms with Crippen LogP contribution in [0.5, 0.6) is 17.2 Å². The molecule has 0 saturated carbocycles. The van der Waals surface area contributed by atoms with Crippen LogP contribution in [-0.2, 0) is 0 Å². The molecule has 0 radical (unpaired) electrons. The van der Waals surface area contributed by atoms with E-state index < -0.39 is 0 Å². The number of nitrogens with zero attached hydrogens (tertiary/aromatic N) is 2. The van der Waals surface area contributed by atoms with Crippen molar-refractivity contribution >= 4 is 43.6 Å². The van der Waals surface area contributed by atoms with E-state index in [4.69, 9.17) is 4.74 Å². The first-order chi connectivity index (χ1) is 22.7. The molecule has 1 N–H and O–H groups in total. The molecule has 0 atom stereocenters. The van der Waals surface area contributed by atoms with Crippen molar-refractivity contribution in [1.29, 1.82) is 0 Å². The van der Waals surface area contributed by atoms with Gasteiger partial charge < -0.3 is 19.0 Å². The van der Waals surface area contributed by atoms with E-state index in [9.17, 15) is 5.11 Å². The minimum absolute atomic E-state index is 0.223. The van der Waals surface area contributed by atoms with Gasteiger partial charge in [-0.2, -0.15) is 0 Å². The van der Waals surface area contributed by atoms with Crippen molar-refractivity contribution in [2.24, 2.45) is 0 Å². The highest BCUT2D eigenvalue weighted by molar-refractivity contribution is 6.10. The average Bonchev–Trinajstić information content (AvgIpc) is 3.62. The van der Waals surface area contributed by atoms with Gasteiger partial charge in [0.25, 0.3) is 0 Å². The van der Waals surface area contributed by atoms with Crippen LogP contribution < -0.4 is 4.74 Å². The Bertz CT molecular complexity index is 2480. The van der Waals surface area contributed by atoms with Crippen molar-refractivity contribution in [3.8, 4) is 39.8 Å². The number of aromatic hydroxyl groups is 1. The third kappa shape index (κ3) is 4.15. The van der Waals surface area contributed by atoms with Crippen LogP contribution in [0.15, 0.2) is 164 Å². The second-order valence-electron chi connectivity index (χ2n) is 11.6.